The second-order valence-electron chi connectivity index (χ2n) is 6.27. The molecule has 0 fully saturated rings. The molecule has 0 bridgehead atoms. The highest BCUT2D eigenvalue weighted by Crippen LogP contribution is 2.19. The van der Waals surface area contributed by atoms with E-state index < -0.39 is 17.7 Å². The molecule has 0 aliphatic rings. The van der Waals surface area contributed by atoms with Gasteiger partial charge in [-0.05, 0) is 33.3 Å². The molecule has 1 atom stereocenters. The van der Waals surface area contributed by atoms with E-state index in [1.807, 2.05) is 18.4 Å². The van der Waals surface area contributed by atoms with Crippen LogP contribution in [0.3, 0.4) is 0 Å². The topological polar surface area (TPSA) is 80.3 Å². The van der Waals surface area contributed by atoms with Crippen molar-refractivity contribution in [1.82, 2.24) is 10.3 Å². The van der Waals surface area contributed by atoms with E-state index in [4.69, 9.17) is 4.74 Å². The number of aromatic nitrogens is 1. The maximum atomic E-state index is 12.6. The largest absolute Gasteiger partial charge is 0.444 e. The number of carbonyl (C=O) groups is 2. The lowest BCUT2D eigenvalue weighted by Gasteiger charge is -2.23. The molecule has 1 heterocycles. The second-order valence-corrected chi connectivity index (χ2v) is 7.13. The van der Waals surface area contributed by atoms with Gasteiger partial charge in [0, 0.05) is 5.38 Å². The number of rotatable bonds is 4. The van der Waals surface area contributed by atoms with Gasteiger partial charge in [0.1, 0.15) is 11.6 Å². The summed E-state index contributed by atoms with van der Waals surface area (Å²) in [6.07, 6.45) is -0.651. The Balaban J connectivity index is 2.16. The molecule has 0 spiro atoms. The number of alkyl carbamates (subject to hydrolysis) is 1. The number of carbonyl (C=O) groups excluding carboxylic acids is 2. The van der Waals surface area contributed by atoms with Gasteiger partial charge < -0.3 is 10.1 Å². The summed E-state index contributed by atoms with van der Waals surface area (Å²) in [7, 11) is 0. The second kappa shape index (κ2) is 7.44. The Bertz CT molecular complexity index is 707. The van der Waals surface area contributed by atoms with Gasteiger partial charge in [0.05, 0.1) is 5.69 Å². The van der Waals surface area contributed by atoms with Crippen molar-refractivity contribution < 1.29 is 14.3 Å². The molecule has 2 aromatic rings. The van der Waals surface area contributed by atoms with Crippen LogP contribution in [-0.4, -0.2) is 22.6 Å². The van der Waals surface area contributed by atoms with Crippen LogP contribution in [0.5, 0.6) is 0 Å². The number of benzene rings is 1. The Hall–Kier alpha value is -2.41. The minimum Gasteiger partial charge on any atom is -0.444 e. The van der Waals surface area contributed by atoms with Crippen molar-refractivity contribution in [3.8, 4) is 0 Å². The Morgan fingerprint density at radius 3 is 2.42 bits per heavy atom. The third-order valence-corrected chi connectivity index (χ3v) is 3.78. The first-order chi connectivity index (χ1) is 11.2. The molecular weight excluding hydrogens is 326 g/mol. The van der Waals surface area contributed by atoms with Crippen LogP contribution < -0.4 is 10.6 Å². The lowest BCUT2D eigenvalue weighted by molar-refractivity contribution is -0.118. The van der Waals surface area contributed by atoms with E-state index >= 15 is 0 Å². The van der Waals surface area contributed by atoms with Gasteiger partial charge in [0.2, 0.25) is 0 Å². The number of hydrogen-bond donors (Lipinski definition) is 2. The molecule has 2 N–H and O–H groups in total. The lowest BCUT2D eigenvalue weighted by atomic mass is 10.1. The number of thiazole rings is 1. The van der Waals surface area contributed by atoms with Crippen LogP contribution in [0.2, 0.25) is 0 Å². The molecule has 0 unspecified atom stereocenters. The van der Waals surface area contributed by atoms with E-state index in [0.717, 1.165) is 5.69 Å². The van der Waals surface area contributed by atoms with E-state index in [-0.39, 0.29) is 5.91 Å². The summed E-state index contributed by atoms with van der Waals surface area (Å²) < 4.78 is 5.25. The molecule has 0 saturated heterocycles. The van der Waals surface area contributed by atoms with Gasteiger partial charge in [-0.2, -0.15) is 0 Å². The van der Waals surface area contributed by atoms with E-state index in [9.17, 15) is 9.59 Å². The zero-order valence-electron chi connectivity index (χ0n) is 14.1. The highest BCUT2D eigenvalue weighted by atomic mass is 32.1. The van der Waals surface area contributed by atoms with Crippen LogP contribution in [0.25, 0.3) is 0 Å². The van der Waals surface area contributed by atoms with Gasteiger partial charge in [-0.25, -0.2) is 9.78 Å². The van der Waals surface area contributed by atoms with Crippen molar-refractivity contribution in [3.05, 3.63) is 47.0 Å². The monoisotopic (exact) mass is 347 g/mol. The summed E-state index contributed by atoms with van der Waals surface area (Å²) in [4.78, 5) is 28.9. The van der Waals surface area contributed by atoms with Gasteiger partial charge in [0.25, 0.3) is 5.91 Å². The summed E-state index contributed by atoms with van der Waals surface area (Å²) in [5.74, 6) is -0.374. The predicted molar refractivity (Wildman–Crippen MR) is 94.0 cm³/mol. The van der Waals surface area contributed by atoms with Crippen LogP contribution in [0.4, 0.5) is 9.93 Å². The molecule has 1 aromatic carbocycles. The molecule has 7 heteroatoms. The summed E-state index contributed by atoms with van der Waals surface area (Å²) in [6, 6.07) is 8.13. The molecule has 6 nitrogen and oxygen atoms in total. The van der Waals surface area contributed by atoms with E-state index in [1.165, 1.54) is 11.3 Å². The van der Waals surface area contributed by atoms with Crippen LogP contribution in [0.1, 0.15) is 38.1 Å². The number of aryl methyl sites for hydroxylation is 1. The maximum absolute atomic E-state index is 12.6. The van der Waals surface area contributed by atoms with Gasteiger partial charge in [-0.1, -0.05) is 30.3 Å². The smallest absolute Gasteiger partial charge is 0.408 e. The first kappa shape index (κ1) is 17.9. The molecule has 2 amide bonds. The summed E-state index contributed by atoms with van der Waals surface area (Å²) >= 11 is 1.33. The zero-order valence-corrected chi connectivity index (χ0v) is 14.9. The number of amides is 2. The minimum atomic E-state index is -0.870. The van der Waals surface area contributed by atoms with Gasteiger partial charge >= 0.3 is 6.09 Å². The number of ether oxygens (including phenoxy) is 1. The minimum absolute atomic E-state index is 0.374. The predicted octanol–water partition coefficient (Wildman–Crippen LogP) is 3.66. The molecule has 2 rings (SSSR count). The van der Waals surface area contributed by atoms with E-state index in [2.05, 4.69) is 15.6 Å². The van der Waals surface area contributed by atoms with Gasteiger partial charge in [0.15, 0.2) is 5.13 Å². The molecular formula is C17H21N3O3S. The van der Waals surface area contributed by atoms with Crippen molar-refractivity contribution in [2.24, 2.45) is 0 Å². The normalized spacial score (nSPS) is 12.3. The van der Waals surface area contributed by atoms with Crippen LogP contribution >= 0.6 is 11.3 Å². The SMILES string of the molecule is Cc1csc(NC(=O)[C@@H](NC(=O)OC(C)(C)C)c2ccccc2)n1. The first-order valence-electron chi connectivity index (χ1n) is 7.52. The van der Waals surface area contributed by atoms with E-state index in [0.29, 0.717) is 10.7 Å². The molecule has 0 aliphatic carbocycles. The number of hydrogen-bond acceptors (Lipinski definition) is 5. The number of nitrogens with zero attached hydrogens (tertiary/aromatic N) is 1. The summed E-state index contributed by atoms with van der Waals surface area (Å²) in [5.41, 5.74) is 0.842. The third-order valence-electron chi connectivity index (χ3n) is 2.91. The molecule has 1 aromatic heterocycles. The molecule has 128 valence electrons. The Morgan fingerprint density at radius 1 is 1.21 bits per heavy atom. The molecule has 24 heavy (non-hydrogen) atoms. The highest BCUT2D eigenvalue weighted by molar-refractivity contribution is 7.13. The van der Waals surface area contributed by atoms with Crippen LogP contribution in [0, 0.1) is 6.92 Å². The van der Waals surface area contributed by atoms with Gasteiger partial charge in [-0.3, -0.25) is 10.1 Å². The molecule has 0 radical (unpaired) electrons. The highest BCUT2D eigenvalue weighted by Gasteiger charge is 2.26. The lowest BCUT2D eigenvalue weighted by Crippen LogP contribution is -2.40. The Kier molecular flexibility index (Phi) is 5.56. The Labute approximate surface area is 145 Å². The fraction of sp³-hybridized carbons (Fsp3) is 0.353. The average molecular weight is 347 g/mol. The van der Waals surface area contributed by atoms with Crippen molar-refractivity contribution in [3.63, 3.8) is 0 Å². The first-order valence-corrected chi connectivity index (χ1v) is 8.40. The Morgan fingerprint density at radius 2 is 1.88 bits per heavy atom. The fourth-order valence-electron chi connectivity index (χ4n) is 1.96. The van der Waals surface area contributed by atoms with E-state index in [1.54, 1.807) is 45.0 Å². The van der Waals surface area contributed by atoms with Crippen molar-refractivity contribution in [2.45, 2.75) is 39.3 Å². The maximum Gasteiger partial charge on any atom is 0.408 e. The summed E-state index contributed by atoms with van der Waals surface area (Å²) in [5, 5.41) is 7.68. The quantitative estimate of drug-likeness (QED) is 0.884. The van der Waals surface area contributed by atoms with Crippen molar-refractivity contribution in [2.75, 3.05) is 5.32 Å². The summed E-state index contributed by atoms with van der Waals surface area (Å²) in [6.45, 7) is 7.15. The molecule has 0 aliphatic heterocycles. The third kappa shape index (κ3) is 5.34. The van der Waals surface area contributed by atoms with Crippen LogP contribution in [0.15, 0.2) is 35.7 Å². The average Bonchev–Trinajstić information content (AvgIpc) is 2.89. The van der Waals surface area contributed by atoms with Crippen molar-refractivity contribution in [1.29, 1.82) is 0 Å². The van der Waals surface area contributed by atoms with Crippen molar-refractivity contribution >= 4 is 28.5 Å². The molecule has 0 saturated carbocycles. The zero-order chi connectivity index (χ0) is 17.7. The fourth-order valence-corrected chi connectivity index (χ4v) is 2.65. The van der Waals surface area contributed by atoms with Crippen LogP contribution in [-0.2, 0) is 9.53 Å². The number of anilines is 1. The number of nitrogens with one attached hydrogen (secondary N) is 2. The standard InChI is InChI=1S/C17H21N3O3S/c1-11-10-24-15(18-11)20-14(21)13(12-8-6-5-7-9-12)19-16(22)23-17(2,3)4/h5-10,13H,1-4H3,(H,19,22)(H,18,20,21)/t13-/m0/s1. The van der Waals surface area contributed by atoms with Gasteiger partial charge in [-0.15, -0.1) is 11.3 Å².